The van der Waals surface area contributed by atoms with Gasteiger partial charge in [0, 0.05) is 6.42 Å². The van der Waals surface area contributed by atoms with Gasteiger partial charge in [-0.05, 0) is 59.5 Å². The molecule has 0 spiro atoms. The highest BCUT2D eigenvalue weighted by atomic mass is 16.6. The average Bonchev–Trinajstić information content (AvgIpc) is 2.29. The zero-order valence-corrected chi connectivity index (χ0v) is 13.1. The third-order valence-corrected chi connectivity index (χ3v) is 3.24. The van der Waals surface area contributed by atoms with Crippen LogP contribution in [-0.2, 0) is 19.1 Å². The minimum Gasteiger partial charge on any atom is -0.465 e. The monoisotopic (exact) mass is 285 g/mol. The average molecular weight is 285 g/mol. The molecule has 5 heteroatoms. The number of esters is 2. The maximum absolute atomic E-state index is 11.8. The molecule has 0 aromatic carbocycles. The van der Waals surface area contributed by atoms with Crippen molar-refractivity contribution in [1.29, 1.82) is 0 Å². The van der Waals surface area contributed by atoms with Crippen molar-refractivity contribution in [3.63, 3.8) is 0 Å². The maximum Gasteiger partial charge on any atom is 0.320 e. The van der Waals surface area contributed by atoms with Crippen LogP contribution in [0.1, 0.15) is 47.0 Å². The summed E-state index contributed by atoms with van der Waals surface area (Å²) in [6, 6.07) is 0. The van der Waals surface area contributed by atoms with Crippen molar-refractivity contribution in [2.45, 2.75) is 52.6 Å². The van der Waals surface area contributed by atoms with Crippen LogP contribution in [0.5, 0.6) is 0 Å². The number of rotatable bonds is 5. The normalized spacial score (nSPS) is 17.8. The van der Waals surface area contributed by atoms with E-state index in [4.69, 9.17) is 9.47 Å². The first-order valence-corrected chi connectivity index (χ1v) is 7.40. The first-order valence-electron chi connectivity index (χ1n) is 7.40. The van der Waals surface area contributed by atoms with E-state index in [1.54, 1.807) is 0 Å². The van der Waals surface area contributed by atoms with Gasteiger partial charge in [0.15, 0.2) is 0 Å². The molecule has 116 valence electrons. The van der Waals surface area contributed by atoms with Crippen molar-refractivity contribution in [3.8, 4) is 0 Å². The molecule has 0 bridgehead atoms. The first kappa shape index (κ1) is 17.0. The Morgan fingerprint density at radius 2 is 1.75 bits per heavy atom. The third kappa shape index (κ3) is 6.89. The number of carbonyl (C=O) groups excluding carboxylic acids is 2. The third-order valence-electron chi connectivity index (χ3n) is 3.24. The first-order chi connectivity index (χ1) is 9.30. The molecule has 1 aliphatic heterocycles. The standard InChI is InChI=1S/C15H27NO4/c1-5-19-14(18)11-16-8-6-12(7-9-16)10-13(17)20-15(2,3)4/h12H,5-11H2,1-4H3. The Bertz CT molecular complexity index is 327. The fourth-order valence-electron chi connectivity index (χ4n) is 2.36. The number of hydrogen-bond acceptors (Lipinski definition) is 5. The van der Waals surface area contributed by atoms with Crippen molar-refractivity contribution < 1.29 is 19.1 Å². The van der Waals surface area contributed by atoms with Crippen LogP contribution in [0, 0.1) is 5.92 Å². The summed E-state index contributed by atoms with van der Waals surface area (Å²) in [5, 5.41) is 0. The molecule has 0 saturated carbocycles. The number of piperidine rings is 1. The number of likely N-dealkylation sites (tertiary alicyclic amines) is 1. The van der Waals surface area contributed by atoms with E-state index in [0.717, 1.165) is 25.9 Å². The molecule has 0 atom stereocenters. The van der Waals surface area contributed by atoms with Gasteiger partial charge in [-0.15, -0.1) is 0 Å². The Hall–Kier alpha value is -1.10. The quantitative estimate of drug-likeness (QED) is 0.723. The lowest BCUT2D eigenvalue weighted by molar-refractivity contribution is -0.156. The number of carbonyl (C=O) groups is 2. The topological polar surface area (TPSA) is 55.8 Å². The van der Waals surface area contributed by atoms with Gasteiger partial charge in [-0.25, -0.2) is 0 Å². The van der Waals surface area contributed by atoms with Crippen LogP contribution in [0.15, 0.2) is 0 Å². The second-order valence-electron chi connectivity index (χ2n) is 6.32. The molecule has 1 aliphatic rings. The molecule has 0 unspecified atom stereocenters. The minimum absolute atomic E-state index is 0.124. The molecule has 1 saturated heterocycles. The zero-order chi connectivity index (χ0) is 15.2. The lowest BCUT2D eigenvalue weighted by Crippen LogP contribution is -2.38. The van der Waals surface area contributed by atoms with Crippen LogP contribution in [-0.4, -0.2) is 48.7 Å². The Labute approximate surface area is 121 Å². The molecule has 5 nitrogen and oxygen atoms in total. The van der Waals surface area contributed by atoms with Crippen molar-refractivity contribution >= 4 is 11.9 Å². The van der Waals surface area contributed by atoms with E-state index in [1.807, 2.05) is 27.7 Å². The zero-order valence-electron chi connectivity index (χ0n) is 13.1. The summed E-state index contributed by atoms with van der Waals surface area (Å²) in [5.41, 5.74) is -0.415. The largest absolute Gasteiger partial charge is 0.465 e. The number of hydrogen-bond donors (Lipinski definition) is 0. The Morgan fingerprint density at radius 1 is 1.15 bits per heavy atom. The lowest BCUT2D eigenvalue weighted by Gasteiger charge is -2.31. The molecular weight excluding hydrogens is 258 g/mol. The molecule has 0 radical (unpaired) electrons. The van der Waals surface area contributed by atoms with Crippen molar-refractivity contribution in [3.05, 3.63) is 0 Å². The van der Waals surface area contributed by atoms with Crippen molar-refractivity contribution in [2.75, 3.05) is 26.2 Å². The molecule has 1 rings (SSSR count). The maximum atomic E-state index is 11.8. The smallest absolute Gasteiger partial charge is 0.320 e. The summed E-state index contributed by atoms with van der Waals surface area (Å²) in [4.78, 5) is 25.2. The lowest BCUT2D eigenvalue weighted by atomic mass is 9.93. The summed E-state index contributed by atoms with van der Waals surface area (Å²) in [5.74, 6) is 0.0720. The number of nitrogens with zero attached hydrogens (tertiary/aromatic N) is 1. The van der Waals surface area contributed by atoms with E-state index in [2.05, 4.69) is 4.90 Å². The van der Waals surface area contributed by atoms with Crippen molar-refractivity contribution in [1.82, 2.24) is 4.90 Å². The summed E-state index contributed by atoms with van der Waals surface area (Å²) in [6.07, 6.45) is 2.34. The van der Waals surface area contributed by atoms with Gasteiger partial charge in [0.2, 0.25) is 0 Å². The van der Waals surface area contributed by atoms with E-state index >= 15 is 0 Å². The van der Waals surface area contributed by atoms with Gasteiger partial charge >= 0.3 is 11.9 Å². The summed E-state index contributed by atoms with van der Waals surface area (Å²) in [6.45, 7) is 9.91. The van der Waals surface area contributed by atoms with E-state index in [1.165, 1.54) is 0 Å². The van der Waals surface area contributed by atoms with Gasteiger partial charge in [-0.1, -0.05) is 0 Å². The second-order valence-corrected chi connectivity index (χ2v) is 6.32. The van der Waals surface area contributed by atoms with Crippen LogP contribution in [0.2, 0.25) is 0 Å². The number of ether oxygens (including phenoxy) is 2. The van der Waals surface area contributed by atoms with Gasteiger partial charge in [0.25, 0.3) is 0 Å². The van der Waals surface area contributed by atoms with Gasteiger partial charge in [0.05, 0.1) is 13.2 Å². The molecule has 0 aliphatic carbocycles. The highest BCUT2D eigenvalue weighted by Crippen LogP contribution is 2.22. The summed E-state index contributed by atoms with van der Waals surface area (Å²) >= 11 is 0. The molecular formula is C15H27NO4. The Morgan fingerprint density at radius 3 is 2.25 bits per heavy atom. The van der Waals surface area contributed by atoms with Gasteiger partial charge in [-0.3, -0.25) is 14.5 Å². The molecule has 1 fully saturated rings. The van der Waals surface area contributed by atoms with Gasteiger partial charge in [0.1, 0.15) is 5.60 Å². The van der Waals surface area contributed by atoms with E-state index in [0.29, 0.717) is 25.5 Å². The predicted molar refractivity (Wildman–Crippen MR) is 76.3 cm³/mol. The van der Waals surface area contributed by atoms with Crippen LogP contribution in [0.3, 0.4) is 0 Å². The summed E-state index contributed by atoms with van der Waals surface area (Å²) < 4.78 is 10.3. The van der Waals surface area contributed by atoms with E-state index < -0.39 is 5.60 Å². The molecule has 0 aromatic heterocycles. The Balaban J connectivity index is 2.25. The predicted octanol–water partition coefficient (Wildman–Crippen LogP) is 1.99. The molecule has 1 heterocycles. The van der Waals surface area contributed by atoms with Gasteiger partial charge in [-0.2, -0.15) is 0 Å². The van der Waals surface area contributed by atoms with Crippen LogP contribution >= 0.6 is 0 Å². The highest BCUT2D eigenvalue weighted by Gasteiger charge is 2.25. The van der Waals surface area contributed by atoms with E-state index in [-0.39, 0.29) is 11.9 Å². The highest BCUT2D eigenvalue weighted by molar-refractivity contribution is 5.71. The summed E-state index contributed by atoms with van der Waals surface area (Å²) in [7, 11) is 0. The minimum atomic E-state index is -0.415. The van der Waals surface area contributed by atoms with Crippen molar-refractivity contribution in [2.24, 2.45) is 5.92 Å². The van der Waals surface area contributed by atoms with Crippen LogP contribution in [0.4, 0.5) is 0 Å². The SMILES string of the molecule is CCOC(=O)CN1CCC(CC(=O)OC(C)(C)C)CC1. The second kappa shape index (κ2) is 7.62. The van der Waals surface area contributed by atoms with Crippen LogP contribution in [0.25, 0.3) is 0 Å². The Kier molecular flexibility index (Phi) is 6.46. The fourth-order valence-corrected chi connectivity index (χ4v) is 2.36. The molecule has 0 amide bonds. The molecule has 0 N–H and O–H groups in total. The fraction of sp³-hybridized carbons (Fsp3) is 0.867. The molecule has 0 aromatic rings. The van der Waals surface area contributed by atoms with E-state index in [9.17, 15) is 9.59 Å². The van der Waals surface area contributed by atoms with Gasteiger partial charge < -0.3 is 9.47 Å². The van der Waals surface area contributed by atoms with Crippen LogP contribution < -0.4 is 0 Å². The molecule has 20 heavy (non-hydrogen) atoms.